The molecule has 6 aliphatic rings. The van der Waals surface area contributed by atoms with E-state index in [9.17, 15) is 10.2 Å². The molecule has 0 radical (unpaired) electrons. The predicted octanol–water partition coefficient (Wildman–Crippen LogP) is 4.30. The summed E-state index contributed by atoms with van der Waals surface area (Å²) >= 11 is 0. The Morgan fingerprint density at radius 3 is 2.53 bits per heavy atom. The van der Waals surface area contributed by atoms with Crippen molar-refractivity contribution in [3.63, 3.8) is 0 Å². The molecule has 0 amide bonds. The Morgan fingerprint density at radius 1 is 1.09 bits per heavy atom. The van der Waals surface area contributed by atoms with Crippen molar-refractivity contribution in [1.82, 2.24) is 0 Å². The fraction of sp³-hybridized carbons (Fsp3) is 0.793. The summed E-state index contributed by atoms with van der Waals surface area (Å²) in [6.45, 7) is 13.3. The third-order valence-electron chi connectivity index (χ3n) is 11.5. The minimum atomic E-state index is -0.829. The molecule has 10 atom stereocenters. The van der Waals surface area contributed by atoms with Gasteiger partial charge in [0, 0.05) is 53.7 Å². The lowest BCUT2D eigenvalue weighted by Crippen LogP contribution is -2.67. The quantitative estimate of drug-likeness (QED) is 0.647. The van der Waals surface area contributed by atoms with Gasteiger partial charge in [0.25, 0.3) is 0 Å². The van der Waals surface area contributed by atoms with Crippen molar-refractivity contribution in [2.75, 3.05) is 26.7 Å². The highest BCUT2D eigenvalue weighted by Crippen LogP contribution is 2.66. The van der Waals surface area contributed by atoms with Gasteiger partial charge in [0.2, 0.25) is 0 Å². The molecule has 34 heavy (non-hydrogen) atoms. The van der Waals surface area contributed by atoms with E-state index in [1.807, 2.05) is 13.2 Å². The number of aliphatic hydroxyl groups is 1. The number of benzene rings is 1. The Labute approximate surface area is 204 Å². The largest absolute Gasteiger partial charge is 0.504 e. The standard InChI is InChI=1S/C29H41NO4/c1-28(2,3)29(4,32)24-17-10-18(26(24)33-5)25-23-19(17)13-30(11-15-6-7-15)12-16-8-9-21(31)27(34-25)22(16)20(23)14-30/h8-9,15,17-20,23-26,32H,6-7,10-14H2,1-5H3/p+1/t17-,18?,19?,20?,23-,24?,25+,26-,29-,30-/m0/s1. The molecule has 1 aromatic rings. The Hall–Kier alpha value is -1.30. The van der Waals surface area contributed by atoms with Crippen LogP contribution in [0.5, 0.6) is 11.5 Å². The van der Waals surface area contributed by atoms with Crippen molar-refractivity contribution < 1.29 is 24.2 Å². The number of aromatic hydroxyl groups is 1. The number of ether oxygens (including phenoxy) is 2. The first-order chi connectivity index (χ1) is 16.0. The molecule has 186 valence electrons. The van der Waals surface area contributed by atoms with Gasteiger partial charge in [-0.1, -0.05) is 20.8 Å². The van der Waals surface area contributed by atoms with Crippen molar-refractivity contribution in [1.29, 1.82) is 0 Å². The maximum absolute atomic E-state index is 12.1. The van der Waals surface area contributed by atoms with Gasteiger partial charge in [0.15, 0.2) is 11.5 Å². The normalized spacial score (nSPS) is 45.5. The van der Waals surface area contributed by atoms with Crippen LogP contribution in [0.4, 0.5) is 0 Å². The summed E-state index contributed by atoms with van der Waals surface area (Å²) in [6.07, 6.45) is 3.88. The highest BCUT2D eigenvalue weighted by molar-refractivity contribution is 5.55. The van der Waals surface area contributed by atoms with Gasteiger partial charge in [-0.05, 0) is 49.7 Å². The smallest absolute Gasteiger partial charge is 0.165 e. The third-order valence-corrected chi connectivity index (χ3v) is 11.5. The molecule has 2 N–H and O–H groups in total. The van der Waals surface area contributed by atoms with Gasteiger partial charge >= 0.3 is 0 Å². The number of hydrogen-bond acceptors (Lipinski definition) is 4. The minimum absolute atomic E-state index is 0.0200. The topological polar surface area (TPSA) is 58.9 Å². The summed E-state index contributed by atoms with van der Waals surface area (Å²) < 4.78 is 14.3. The fourth-order valence-corrected chi connectivity index (χ4v) is 9.52. The van der Waals surface area contributed by atoms with Crippen LogP contribution in [0, 0.1) is 40.9 Å². The van der Waals surface area contributed by atoms with E-state index in [2.05, 4.69) is 33.8 Å². The number of quaternary nitrogens is 1. The molecule has 4 fully saturated rings. The first-order valence-corrected chi connectivity index (χ1v) is 13.7. The molecule has 3 heterocycles. The fourth-order valence-electron chi connectivity index (χ4n) is 9.52. The molecule has 5 heteroatoms. The maximum Gasteiger partial charge on any atom is 0.165 e. The molecule has 1 saturated heterocycles. The lowest BCUT2D eigenvalue weighted by molar-refractivity contribution is -0.956. The molecular weight excluding hydrogens is 426 g/mol. The van der Waals surface area contributed by atoms with E-state index in [-0.39, 0.29) is 29.5 Å². The van der Waals surface area contributed by atoms with Crippen LogP contribution < -0.4 is 4.74 Å². The van der Waals surface area contributed by atoms with Crippen LogP contribution in [-0.2, 0) is 11.3 Å². The molecule has 7 rings (SSSR count). The van der Waals surface area contributed by atoms with Crippen molar-refractivity contribution in [2.45, 2.75) is 77.2 Å². The van der Waals surface area contributed by atoms with Gasteiger partial charge < -0.3 is 24.2 Å². The molecule has 0 spiro atoms. The van der Waals surface area contributed by atoms with Crippen LogP contribution in [0.2, 0.25) is 0 Å². The SMILES string of the molecule is CO[C@H]1C2C[C@@H](C3C[N@+]4(CC5CC5)Cc5ccc(O)c6c5C(C4)[C@H]3[C@@H]2O6)C1[C@](C)(O)C(C)(C)C. The molecule has 1 aromatic carbocycles. The lowest BCUT2D eigenvalue weighted by atomic mass is 9.56. The van der Waals surface area contributed by atoms with Crippen molar-refractivity contribution >= 4 is 0 Å². The minimum Gasteiger partial charge on any atom is -0.504 e. The summed E-state index contributed by atoms with van der Waals surface area (Å²) in [5, 5.41) is 23.0. The van der Waals surface area contributed by atoms with E-state index < -0.39 is 5.60 Å². The molecule has 4 unspecified atom stereocenters. The lowest BCUT2D eigenvalue weighted by Gasteiger charge is -2.61. The van der Waals surface area contributed by atoms with Gasteiger partial charge in [0.1, 0.15) is 12.6 Å². The number of phenolic OH excluding ortho intramolecular Hbond substituents is 1. The number of fused-ring (bicyclic) bond motifs is 5. The van der Waals surface area contributed by atoms with Crippen molar-refractivity contribution in [3.05, 3.63) is 23.3 Å². The molecule has 3 aliphatic carbocycles. The zero-order valence-electron chi connectivity index (χ0n) is 21.5. The maximum atomic E-state index is 12.1. The second-order valence-electron chi connectivity index (χ2n) is 14.1. The molecule has 3 saturated carbocycles. The Morgan fingerprint density at radius 2 is 1.85 bits per heavy atom. The van der Waals surface area contributed by atoms with E-state index in [1.165, 1.54) is 48.1 Å². The Bertz CT molecular complexity index is 1030. The number of piperidine rings is 1. The van der Waals surface area contributed by atoms with E-state index in [4.69, 9.17) is 9.47 Å². The zero-order valence-corrected chi connectivity index (χ0v) is 21.5. The summed E-state index contributed by atoms with van der Waals surface area (Å²) in [7, 11) is 1.83. The second kappa shape index (κ2) is 6.72. The molecule has 3 aliphatic heterocycles. The summed E-state index contributed by atoms with van der Waals surface area (Å²) in [6, 6.07) is 4.04. The molecule has 0 aromatic heterocycles. The highest BCUT2D eigenvalue weighted by atomic mass is 16.5. The van der Waals surface area contributed by atoms with Crippen molar-refractivity contribution in [3.8, 4) is 11.5 Å². The summed E-state index contributed by atoms with van der Waals surface area (Å²) in [4.78, 5) is 0. The van der Waals surface area contributed by atoms with Crippen LogP contribution >= 0.6 is 0 Å². The number of methoxy groups -OCH3 is 1. The van der Waals surface area contributed by atoms with E-state index >= 15 is 0 Å². The van der Waals surface area contributed by atoms with Crippen LogP contribution in [0.1, 0.15) is 64.0 Å². The predicted molar refractivity (Wildman–Crippen MR) is 129 cm³/mol. The molecular formula is C29H42NO4+. The van der Waals surface area contributed by atoms with Gasteiger partial charge in [-0.3, -0.25) is 0 Å². The number of rotatable bonds is 4. The van der Waals surface area contributed by atoms with E-state index in [0.29, 0.717) is 29.4 Å². The first kappa shape index (κ1) is 21.9. The third kappa shape index (κ3) is 2.72. The van der Waals surface area contributed by atoms with Gasteiger partial charge in [-0.25, -0.2) is 0 Å². The van der Waals surface area contributed by atoms with Gasteiger partial charge in [-0.15, -0.1) is 0 Å². The Kier molecular flexibility index (Phi) is 4.33. The number of phenols is 1. The number of nitrogens with zero attached hydrogens (tertiary/aromatic N) is 1. The highest BCUT2D eigenvalue weighted by Gasteiger charge is 2.70. The average Bonchev–Trinajstić information content (AvgIpc) is 3.50. The monoisotopic (exact) mass is 468 g/mol. The zero-order chi connectivity index (χ0) is 23.8. The molecule has 5 nitrogen and oxygen atoms in total. The van der Waals surface area contributed by atoms with Crippen LogP contribution in [0.25, 0.3) is 0 Å². The number of hydrogen-bond donors (Lipinski definition) is 2. The summed E-state index contributed by atoms with van der Waals surface area (Å²) in [5.41, 5.74) is 1.65. The average molecular weight is 469 g/mol. The van der Waals surface area contributed by atoms with E-state index in [0.717, 1.165) is 24.6 Å². The van der Waals surface area contributed by atoms with Gasteiger partial charge in [0.05, 0.1) is 31.3 Å². The Balaban J connectivity index is 1.40. The van der Waals surface area contributed by atoms with Crippen molar-refractivity contribution in [2.24, 2.45) is 40.9 Å². The van der Waals surface area contributed by atoms with Crippen LogP contribution in [0.15, 0.2) is 12.1 Å². The van der Waals surface area contributed by atoms with Gasteiger partial charge in [-0.2, -0.15) is 0 Å². The second-order valence-corrected chi connectivity index (χ2v) is 14.1. The van der Waals surface area contributed by atoms with Crippen LogP contribution in [-0.4, -0.2) is 59.2 Å². The van der Waals surface area contributed by atoms with Crippen LogP contribution in [0.3, 0.4) is 0 Å². The van der Waals surface area contributed by atoms with E-state index in [1.54, 1.807) is 0 Å². The molecule has 4 bridgehead atoms. The first-order valence-electron chi connectivity index (χ1n) is 13.7. The summed E-state index contributed by atoms with van der Waals surface area (Å²) in [5.74, 6) is 4.18.